The third-order valence-corrected chi connectivity index (χ3v) is 6.13. The van der Waals surface area contributed by atoms with Crippen LogP contribution < -0.4 is 14.8 Å². The summed E-state index contributed by atoms with van der Waals surface area (Å²) in [6, 6.07) is 12.3. The van der Waals surface area contributed by atoms with E-state index in [0.29, 0.717) is 22.7 Å². The van der Waals surface area contributed by atoms with Crippen molar-refractivity contribution >= 4 is 34.6 Å². The molecule has 0 saturated heterocycles. The molecule has 0 atom stereocenters. The molecule has 1 N–H and O–H groups in total. The van der Waals surface area contributed by atoms with Crippen LogP contribution in [0, 0.1) is 6.92 Å². The number of ether oxygens (including phenoxy) is 2. The molecule has 0 bridgehead atoms. The van der Waals surface area contributed by atoms with Crippen LogP contribution in [0.1, 0.15) is 36.8 Å². The highest BCUT2D eigenvalue weighted by Crippen LogP contribution is 2.31. The van der Waals surface area contributed by atoms with Crippen LogP contribution in [0.5, 0.6) is 11.5 Å². The number of aryl methyl sites for hydroxylation is 1. The fourth-order valence-corrected chi connectivity index (χ4v) is 4.18. The van der Waals surface area contributed by atoms with Gasteiger partial charge < -0.3 is 19.7 Å². The van der Waals surface area contributed by atoms with Crippen LogP contribution in [0.4, 0.5) is 5.69 Å². The molecule has 0 heterocycles. The van der Waals surface area contributed by atoms with Crippen LogP contribution in [0.2, 0.25) is 5.02 Å². The van der Waals surface area contributed by atoms with Crippen molar-refractivity contribution in [1.29, 1.82) is 0 Å². The lowest BCUT2D eigenvalue weighted by atomic mass is 10.1. The highest BCUT2D eigenvalue weighted by molar-refractivity contribution is 7.80. The fourth-order valence-electron chi connectivity index (χ4n) is 3.68. The van der Waals surface area contributed by atoms with E-state index in [9.17, 15) is 0 Å². The van der Waals surface area contributed by atoms with Gasteiger partial charge >= 0.3 is 0 Å². The van der Waals surface area contributed by atoms with Crippen LogP contribution in [0.3, 0.4) is 0 Å². The standard InChI is InChI=1S/C22H27ClN2O2S/c1-15-7-6-10-19(21(15)23)24-22(28)25(17-8-4-5-9-17)14-16-11-12-18(26-2)13-20(16)27-3/h6-7,10-13,17H,4-5,8-9,14H2,1-3H3,(H,24,28). The van der Waals surface area contributed by atoms with Crippen LogP contribution in [0.25, 0.3) is 0 Å². The summed E-state index contributed by atoms with van der Waals surface area (Å²) in [7, 11) is 3.34. The van der Waals surface area contributed by atoms with Gasteiger partial charge in [0, 0.05) is 24.2 Å². The first kappa shape index (κ1) is 20.7. The van der Waals surface area contributed by atoms with Crippen molar-refractivity contribution < 1.29 is 9.47 Å². The Labute approximate surface area is 177 Å². The second kappa shape index (κ2) is 9.48. The summed E-state index contributed by atoms with van der Waals surface area (Å²) in [6.07, 6.45) is 4.74. The highest BCUT2D eigenvalue weighted by atomic mass is 35.5. The van der Waals surface area contributed by atoms with E-state index in [2.05, 4.69) is 10.2 Å². The quantitative estimate of drug-likeness (QED) is 0.599. The Morgan fingerprint density at radius 2 is 1.93 bits per heavy atom. The third kappa shape index (κ3) is 4.70. The molecule has 0 radical (unpaired) electrons. The van der Waals surface area contributed by atoms with E-state index in [1.54, 1.807) is 14.2 Å². The van der Waals surface area contributed by atoms with Gasteiger partial charge in [-0.3, -0.25) is 0 Å². The Bertz CT molecular complexity index is 837. The molecule has 0 aromatic heterocycles. The van der Waals surface area contributed by atoms with Crippen molar-refractivity contribution in [1.82, 2.24) is 4.90 Å². The molecule has 0 unspecified atom stereocenters. The first-order chi connectivity index (χ1) is 13.5. The average molecular weight is 419 g/mol. The van der Waals surface area contributed by atoms with Crippen molar-refractivity contribution in [2.45, 2.75) is 45.2 Å². The Morgan fingerprint density at radius 3 is 2.61 bits per heavy atom. The van der Waals surface area contributed by atoms with Gasteiger partial charge in [-0.15, -0.1) is 0 Å². The minimum atomic E-state index is 0.412. The SMILES string of the molecule is COc1ccc(CN(C(=S)Nc2cccc(C)c2Cl)C2CCCC2)c(OC)c1. The third-order valence-electron chi connectivity index (χ3n) is 5.29. The summed E-state index contributed by atoms with van der Waals surface area (Å²) in [6.45, 7) is 2.67. The van der Waals surface area contributed by atoms with Crippen LogP contribution in [-0.2, 0) is 6.54 Å². The zero-order valence-corrected chi connectivity index (χ0v) is 18.2. The molecule has 0 aliphatic heterocycles. The van der Waals surface area contributed by atoms with Gasteiger partial charge in [0.2, 0.25) is 0 Å². The summed E-state index contributed by atoms with van der Waals surface area (Å²) < 4.78 is 10.9. The van der Waals surface area contributed by atoms with E-state index in [1.165, 1.54) is 12.8 Å². The number of halogens is 1. The Hall–Kier alpha value is -1.98. The minimum Gasteiger partial charge on any atom is -0.497 e. The number of anilines is 1. The monoisotopic (exact) mass is 418 g/mol. The Balaban J connectivity index is 1.85. The lowest BCUT2D eigenvalue weighted by molar-refractivity contribution is 0.304. The number of hydrogen-bond acceptors (Lipinski definition) is 3. The molecule has 1 aliphatic carbocycles. The molecule has 6 heteroatoms. The zero-order valence-electron chi connectivity index (χ0n) is 16.6. The highest BCUT2D eigenvalue weighted by Gasteiger charge is 2.26. The predicted molar refractivity (Wildman–Crippen MR) is 120 cm³/mol. The molecular formula is C22H27ClN2O2S. The van der Waals surface area contributed by atoms with E-state index < -0.39 is 0 Å². The molecule has 2 aromatic rings. The molecule has 0 spiro atoms. The van der Waals surface area contributed by atoms with E-state index in [-0.39, 0.29) is 0 Å². The molecule has 1 aliphatic rings. The van der Waals surface area contributed by atoms with E-state index >= 15 is 0 Å². The van der Waals surface area contributed by atoms with Gasteiger partial charge in [-0.2, -0.15) is 0 Å². The summed E-state index contributed by atoms with van der Waals surface area (Å²) in [5.41, 5.74) is 2.95. The second-order valence-corrected chi connectivity index (χ2v) is 7.88. The topological polar surface area (TPSA) is 33.7 Å². The fraction of sp³-hybridized carbons (Fsp3) is 0.409. The summed E-state index contributed by atoms with van der Waals surface area (Å²) in [4.78, 5) is 2.27. The molecule has 3 rings (SSSR count). The lowest BCUT2D eigenvalue weighted by Crippen LogP contribution is -2.41. The van der Waals surface area contributed by atoms with Gasteiger partial charge in [0.25, 0.3) is 0 Å². The predicted octanol–water partition coefficient (Wildman–Crippen LogP) is 5.81. The van der Waals surface area contributed by atoms with Gasteiger partial charge in [-0.25, -0.2) is 0 Å². The number of methoxy groups -OCH3 is 2. The number of nitrogens with zero attached hydrogens (tertiary/aromatic N) is 1. The Kier molecular flexibility index (Phi) is 7.03. The van der Waals surface area contributed by atoms with E-state index in [0.717, 1.165) is 41.2 Å². The molecule has 1 fully saturated rings. The number of nitrogens with one attached hydrogen (secondary N) is 1. The minimum absolute atomic E-state index is 0.412. The number of rotatable bonds is 6. The summed E-state index contributed by atoms with van der Waals surface area (Å²) in [5.74, 6) is 1.58. The van der Waals surface area contributed by atoms with E-state index in [4.69, 9.17) is 33.3 Å². The van der Waals surface area contributed by atoms with Gasteiger partial charge in [0.15, 0.2) is 5.11 Å². The maximum Gasteiger partial charge on any atom is 0.174 e. The first-order valence-electron chi connectivity index (χ1n) is 9.57. The second-order valence-electron chi connectivity index (χ2n) is 7.11. The number of thiocarbonyl (C=S) groups is 1. The summed E-state index contributed by atoms with van der Waals surface area (Å²) >= 11 is 12.3. The largest absolute Gasteiger partial charge is 0.497 e. The van der Waals surface area contributed by atoms with E-state index in [1.807, 2.05) is 43.3 Å². The van der Waals surface area contributed by atoms with Crippen LogP contribution in [-0.4, -0.2) is 30.3 Å². The van der Waals surface area contributed by atoms with Crippen molar-refractivity contribution in [2.24, 2.45) is 0 Å². The molecule has 28 heavy (non-hydrogen) atoms. The molecule has 4 nitrogen and oxygen atoms in total. The molecule has 150 valence electrons. The Morgan fingerprint density at radius 1 is 1.18 bits per heavy atom. The van der Waals surface area contributed by atoms with Gasteiger partial charge in [-0.1, -0.05) is 36.6 Å². The zero-order chi connectivity index (χ0) is 20.1. The number of hydrogen-bond donors (Lipinski definition) is 1. The van der Waals surface area contributed by atoms with Gasteiger partial charge in [0.05, 0.1) is 24.9 Å². The normalized spacial score (nSPS) is 14.0. The first-order valence-corrected chi connectivity index (χ1v) is 10.4. The number of benzene rings is 2. The molecule has 1 saturated carbocycles. The van der Waals surface area contributed by atoms with Gasteiger partial charge in [-0.05, 0) is 55.7 Å². The van der Waals surface area contributed by atoms with Crippen molar-refractivity contribution in [2.75, 3.05) is 19.5 Å². The maximum absolute atomic E-state index is 6.47. The van der Waals surface area contributed by atoms with Crippen molar-refractivity contribution in [3.8, 4) is 11.5 Å². The van der Waals surface area contributed by atoms with Crippen LogP contribution >= 0.6 is 23.8 Å². The van der Waals surface area contributed by atoms with Gasteiger partial charge in [0.1, 0.15) is 11.5 Å². The lowest BCUT2D eigenvalue weighted by Gasteiger charge is -2.32. The van der Waals surface area contributed by atoms with Crippen molar-refractivity contribution in [3.05, 3.63) is 52.5 Å². The smallest absolute Gasteiger partial charge is 0.174 e. The molecule has 0 amide bonds. The van der Waals surface area contributed by atoms with Crippen LogP contribution in [0.15, 0.2) is 36.4 Å². The molecule has 2 aromatic carbocycles. The van der Waals surface area contributed by atoms with Crippen molar-refractivity contribution in [3.63, 3.8) is 0 Å². The molecular weight excluding hydrogens is 392 g/mol. The maximum atomic E-state index is 6.47. The average Bonchev–Trinajstić information content (AvgIpc) is 3.24. The summed E-state index contributed by atoms with van der Waals surface area (Å²) in [5, 5.41) is 4.77.